The van der Waals surface area contributed by atoms with Crippen LogP contribution in [-0.2, 0) is 11.2 Å². The number of hydrogen-bond donors (Lipinski definition) is 1. The SMILES string of the molecule is O=C(/C=C/c1ccc(F)cc1)NCCc1cn2ccccc2n1. The molecule has 4 nitrogen and oxygen atoms in total. The van der Waals surface area contributed by atoms with Crippen LogP contribution in [0.4, 0.5) is 4.39 Å². The number of benzene rings is 1. The van der Waals surface area contributed by atoms with Crippen LogP contribution in [0.15, 0.2) is 60.9 Å². The molecule has 0 atom stereocenters. The van der Waals surface area contributed by atoms with Gasteiger partial charge in [0.05, 0.1) is 5.69 Å². The number of nitrogens with zero attached hydrogens (tertiary/aromatic N) is 2. The molecule has 1 aromatic carbocycles. The number of carbonyl (C=O) groups is 1. The Hall–Kier alpha value is -2.95. The first-order chi connectivity index (χ1) is 11.2. The maximum atomic E-state index is 12.8. The number of nitrogens with one attached hydrogen (secondary N) is 1. The number of pyridine rings is 1. The summed E-state index contributed by atoms with van der Waals surface area (Å²) in [6.45, 7) is 0.510. The predicted octanol–water partition coefficient (Wildman–Crippen LogP) is 2.85. The van der Waals surface area contributed by atoms with E-state index < -0.39 is 0 Å². The van der Waals surface area contributed by atoms with Gasteiger partial charge in [0.15, 0.2) is 0 Å². The fourth-order valence-electron chi connectivity index (χ4n) is 2.23. The molecule has 0 aliphatic carbocycles. The summed E-state index contributed by atoms with van der Waals surface area (Å²) < 4.78 is 14.7. The van der Waals surface area contributed by atoms with Crippen LogP contribution in [0.5, 0.6) is 0 Å². The van der Waals surface area contributed by atoms with Crippen molar-refractivity contribution in [2.24, 2.45) is 0 Å². The monoisotopic (exact) mass is 309 g/mol. The molecule has 3 rings (SSSR count). The van der Waals surface area contributed by atoms with Crippen LogP contribution in [0.1, 0.15) is 11.3 Å². The van der Waals surface area contributed by atoms with E-state index >= 15 is 0 Å². The highest BCUT2D eigenvalue weighted by molar-refractivity contribution is 5.91. The lowest BCUT2D eigenvalue weighted by Crippen LogP contribution is -2.23. The maximum Gasteiger partial charge on any atom is 0.244 e. The lowest BCUT2D eigenvalue weighted by atomic mass is 10.2. The predicted molar refractivity (Wildman–Crippen MR) is 87.3 cm³/mol. The molecule has 1 amide bonds. The Morgan fingerprint density at radius 3 is 2.83 bits per heavy atom. The molecule has 0 fully saturated rings. The van der Waals surface area contributed by atoms with Crippen molar-refractivity contribution in [3.8, 4) is 0 Å². The summed E-state index contributed by atoms with van der Waals surface area (Å²) in [4.78, 5) is 16.2. The Labute approximate surface area is 133 Å². The molecule has 116 valence electrons. The van der Waals surface area contributed by atoms with Crippen LogP contribution in [0.2, 0.25) is 0 Å². The molecular formula is C18H16FN3O. The minimum Gasteiger partial charge on any atom is -0.352 e. The van der Waals surface area contributed by atoms with Gasteiger partial charge in [-0.05, 0) is 35.9 Å². The lowest BCUT2D eigenvalue weighted by molar-refractivity contribution is -0.116. The highest BCUT2D eigenvalue weighted by Crippen LogP contribution is 2.05. The highest BCUT2D eigenvalue weighted by atomic mass is 19.1. The lowest BCUT2D eigenvalue weighted by Gasteiger charge is -1.99. The average molecular weight is 309 g/mol. The van der Waals surface area contributed by atoms with Crippen molar-refractivity contribution in [2.45, 2.75) is 6.42 Å². The Morgan fingerprint density at radius 1 is 1.22 bits per heavy atom. The molecule has 2 aromatic heterocycles. The van der Waals surface area contributed by atoms with Gasteiger partial charge in [0.25, 0.3) is 0 Å². The molecular weight excluding hydrogens is 293 g/mol. The number of halogens is 1. The van der Waals surface area contributed by atoms with Crippen LogP contribution in [0.25, 0.3) is 11.7 Å². The molecule has 3 aromatic rings. The molecule has 0 spiro atoms. The number of amides is 1. The summed E-state index contributed by atoms with van der Waals surface area (Å²) in [5, 5.41) is 2.81. The second kappa shape index (κ2) is 6.87. The number of fused-ring (bicyclic) bond motifs is 1. The van der Waals surface area contributed by atoms with Gasteiger partial charge in [-0.2, -0.15) is 0 Å². The van der Waals surface area contributed by atoms with Gasteiger partial charge in [0, 0.05) is 31.4 Å². The van der Waals surface area contributed by atoms with E-state index in [1.165, 1.54) is 18.2 Å². The van der Waals surface area contributed by atoms with Crippen molar-refractivity contribution in [1.82, 2.24) is 14.7 Å². The number of carbonyl (C=O) groups excluding carboxylic acids is 1. The molecule has 0 aliphatic heterocycles. The van der Waals surface area contributed by atoms with Crippen LogP contribution in [0, 0.1) is 5.82 Å². The van der Waals surface area contributed by atoms with Gasteiger partial charge in [-0.15, -0.1) is 0 Å². The molecule has 0 unspecified atom stereocenters. The number of hydrogen-bond acceptors (Lipinski definition) is 2. The van der Waals surface area contributed by atoms with Gasteiger partial charge in [0.1, 0.15) is 11.5 Å². The molecule has 0 bridgehead atoms. The fourth-order valence-corrected chi connectivity index (χ4v) is 2.23. The Kier molecular flexibility index (Phi) is 4.47. The quantitative estimate of drug-likeness (QED) is 0.737. The summed E-state index contributed by atoms with van der Waals surface area (Å²) in [6.07, 6.45) is 7.65. The van der Waals surface area contributed by atoms with Crippen molar-refractivity contribution in [1.29, 1.82) is 0 Å². The first-order valence-electron chi connectivity index (χ1n) is 7.35. The molecule has 0 saturated carbocycles. The van der Waals surface area contributed by atoms with Crippen molar-refractivity contribution < 1.29 is 9.18 Å². The smallest absolute Gasteiger partial charge is 0.244 e. The van der Waals surface area contributed by atoms with Gasteiger partial charge in [0.2, 0.25) is 5.91 Å². The third kappa shape index (κ3) is 4.03. The van der Waals surface area contributed by atoms with Gasteiger partial charge in [-0.25, -0.2) is 9.37 Å². The van der Waals surface area contributed by atoms with E-state index in [0.29, 0.717) is 13.0 Å². The van der Waals surface area contributed by atoms with E-state index in [4.69, 9.17) is 0 Å². The molecule has 2 heterocycles. The average Bonchev–Trinajstić information content (AvgIpc) is 2.97. The summed E-state index contributed by atoms with van der Waals surface area (Å²) in [6, 6.07) is 11.8. The first-order valence-corrected chi connectivity index (χ1v) is 7.35. The molecule has 23 heavy (non-hydrogen) atoms. The topological polar surface area (TPSA) is 46.4 Å². The molecule has 1 N–H and O–H groups in total. The molecule has 0 saturated heterocycles. The molecule has 0 aliphatic rings. The minimum absolute atomic E-state index is 0.182. The standard InChI is InChI=1S/C18H16FN3O/c19-15-7-4-14(5-8-15)6-9-18(23)20-11-10-16-13-22-12-2-1-3-17(22)21-16/h1-9,12-13H,10-11H2,(H,20,23)/b9-6+. The number of rotatable bonds is 5. The van der Waals surface area contributed by atoms with Crippen molar-refractivity contribution >= 4 is 17.6 Å². The van der Waals surface area contributed by atoms with Crippen LogP contribution >= 0.6 is 0 Å². The van der Waals surface area contributed by atoms with E-state index in [-0.39, 0.29) is 11.7 Å². The zero-order valence-corrected chi connectivity index (χ0v) is 12.4. The second-order valence-corrected chi connectivity index (χ2v) is 5.12. The maximum absolute atomic E-state index is 12.8. The van der Waals surface area contributed by atoms with Gasteiger partial charge < -0.3 is 9.72 Å². The normalized spacial score (nSPS) is 11.2. The van der Waals surface area contributed by atoms with E-state index in [1.54, 1.807) is 18.2 Å². The summed E-state index contributed by atoms with van der Waals surface area (Å²) in [7, 11) is 0. The van der Waals surface area contributed by atoms with Gasteiger partial charge in [-0.1, -0.05) is 18.2 Å². The van der Waals surface area contributed by atoms with Crippen molar-refractivity contribution in [2.75, 3.05) is 6.54 Å². The zero-order chi connectivity index (χ0) is 16.1. The van der Waals surface area contributed by atoms with Crippen LogP contribution < -0.4 is 5.32 Å². The third-order valence-corrected chi connectivity index (χ3v) is 3.39. The third-order valence-electron chi connectivity index (χ3n) is 3.39. The number of aromatic nitrogens is 2. The van der Waals surface area contributed by atoms with E-state index in [2.05, 4.69) is 10.3 Å². The van der Waals surface area contributed by atoms with E-state index in [0.717, 1.165) is 16.9 Å². The summed E-state index contributed by atoms with van der Waals surface area (Å²) in [5.74, 6) is -0.475. The minimum atomic E-state index is -0.293. The van der Waals surface area contributed by atoms with Crippen molar-refractivity contribution in [3.63, 3.8) is 0 Å². The second-order valence-electron chi connectivity index (χ2n) is 5.12. The molecule has 0 radical (unpaired) electrons. The Balaban J connectivity index is 1.49. The van der Waals surface area contributed by atoms with E-state index in [9.17, 15) is 9.18 Å². The summed E-state index contributed by atoms with van der Waals surface area (Å²) in [5.41, 5.74) is 2.60. The van der Waals surface area contributed by atoms with Crippen LogP contribution in [0.3, 0.4) is 0 Å². The summed E-state index contributed by atoms with van der Waals surface area (Å²) >= 11 is 0. The number of imidazole rings is 1. The Bertz CT molecular complexity index is 804. The fraction of sp³-hybridized carbons (Fsp3) is 0.111. The Morgan fingerprint density at radius 2 is 2.04 bits per heavy atom. The van der Waals surface area contributed by atoms with Gasteiger partial charge >= 0.3 is 0 Å². The van der Waals surface area contributed by atoms with Crippen LogP contribution in [-0.4, -0.2) is 21.8 Å². The molecule has 5 heteroatoms. The highest BCUT2D eigenvalue weighted by Gasteiger charge is 2.01. The van der Waals surface area contributed by atoms with Crippen molar-refractivity contribution in [3.05, 3.63) is 78.0 Å². The first kappa shape index (κ1) is 15.0. The largest absolute Gasteiger partial charge is 0.352 e. The van der Waals surface area contributed by atoms with Gasteiger partial charge in [-0.3, -0.25) is 4.79 Å². The van der Waals surface area contributed by atoms with E-state index in [1.807, 2.05) is 35.0 Å². The zero-order valence-electron chi connectivity index (χ0n) is 12.4.